The van der Waals surface area contributed by atoms with Gasteiger partial charge >= 0.3 is 5.97 Å². The van der Waals surface area contributed by atoms with Gasteiger partial charge in [0.25, 0.3) is 0 Å². The molecule has 0 bridgehead atoms. The van der Waals surface area contributed by atoms with Gasteiger partial charge in [0, 0.05) is 10.2 Å². The molecule has 0 aromatic heterocycles. The van der Waals surface area contributed by atoms with E-state index in [1.807, 2.05) is 30.0 Å². The number of hydrogen-bond donors (Lipinski definition) is 1. The average Bonchev–Trinajstić information content (AvgIpc) is 2.90. The summed E-state index contributed by atoms with van der Waals surface area (Å²) in [5, 5.41) is 2.86. The number of halogens is 1. The molecule has 1 aromatic rings. The second kappa shape index (κ2) is 7.04. The first-order valence-electron chi connectivity index (χ1n) is 6.89. The van der Waals surface area contributed by atoms with Crippen LogP contribution in [0.25, 0.3) is 0 Å². The van der Waals surface area contributed by atoms with E-state index in [1.165, 1.54) is 7.11 Å². The second-order valence-corrected chi connectivity index (χ2v) is 6.02. The predicted octanol–water partition coefficient (Wildman–Crippen LogP) is 2.33. The van der Waals surface area contributed by atoms with E-state index in [9.17, 15) is 9.59 Å². The molecule has 1 atom stereocenters. The zero-order chi connectivity index (χ0) is 15.4. The Labute approximate surface area is 132 Å². The lowest BCUT2D eigenvalue weighted by molar-refractivity contribution is -0.146. The van der Waals surface area contributed by atoms with Gasteiger partial charge in [-0.3, -0.25) is 14.5 Å². The van der Waals surface area contributed by atoms with Crippen LogP contribution in [0, 0.1) is 6.92 Å². The van der Waals surface area contributed by atoms with Crippen molar-refractivity contribution in [3.05, 3.63) is 28.2 Å². The Morgan fingerprint density at radius 3 is 2.90 bits per heavy atom. The standard InChI is InChI=1S/C15H19BrN2O3/c1-10-8-11(5-6-12(10)16)17-14(19)9-18-7-3-4-13(18)15(20)21-2/h5-6,8,13H,3-4,7,9H2,1-2H3,(H,17,19). The second-order valence-electron chi connectivity index (χ2n) is 5.16. The van der Waals surface area contributed by atoms with E-state index >= 15 is 0 Å². The summed E-state index contributed by atoms with van der Waals surface area (Å²) in [6, 6.07) is 5.35. The normalized spacial score (nSPS) is 18.5. The van der Waals surface area contributed by atoms with Crippen LogP contribution in [0.4, 0.5) is 5.69 Å². The molecule has 21 heavy (non-hydrogen) atoms. The molecule has 1 heterocycles. The van der Waals surface area contributed by atoms with Crippen molar-refractivity contribution in [3.8, 4) is 0 Å². The third-order valence-corrected chi connectivity index (χ3v) is 4.52. The Kier molecular flexibility index (Phi) is 5.36. The van der Waals surface area contributed by atoms with Crippen molar-refractivity contribution in [2.75, 3.05) is 25.5 Å². The van der Waals surface area contributed by atoms with Crippen LogP contribution in [0.1, 0.15) is 18.4 Å². The minimum absolute atomic E-state index is 0.118. The Hall–Kier alpha value is -1.40. The van der Waals surface area contributed by atoms with Crippen LogP contribution >= 0.6 is 15.9 Å². The van der Waals surface area contributed by atoms with E-state index in [1.54, 1.807) is 0 Å². The highest BCUT2D eigenvalue weighted by Crippen LogP contribution is 2.21. The first kappa shape index (κ1) is 16.0. The van der Waals surface area contributed by atoms with Crippen molar-refractivity contribution >= 4 is 33.5 Å². The fraction of sp³-hybridized carbons (Fsp3) is 0.467. The van der Waals surface area contributed by atoms with Gasteiger partial charge in [0.2, 0.25) is 5.91 Å². The molecule has 1 aromatic carbocycles. The van der Waals surface area contributed by atoms with Crippen LogP contribution < -0.4 is 5.32 Å². The molecule has 1 amide bonds. The Morgan fingerprint density at radius 1 is 1.48 bits per heavy atom. The SMILES string of the molecule is COC(=O)C1CCCN1CC(=O)Nc1ccc(Br)c(C)c1. The molecule has 5 nitrogen and oxygen atoms in total. The minimum Gasteiger partial charge on any atom is -0.468 e. The van der Waals surface area contributed by atoms with Gasteiger partial charge in [-0.05, 0) is 50.1 Å². The molecule has 1 N–H and O–H groups in total. The lowest BCUT2D eigenvalue weighted by Gasteiger charge is -2.21. The minimum atomic E-state index is -0.299. The summed E-state index contributed by atoms with van der Waals surface area (Å²) in [5.41, 5.74) is 1.82. The fourth-order valence-electron chi connectivity index (χ4n) is 2.53. The number of nitrogens with one attached hydrogen (secondary N) is 1. The number of methoxy groups -OCH3 is 1. The van der Waals surface area contributed by atoms with Gasteiger partial charge in [0.05, 0.1) is 13.7 Å². The molecular formula is C15H19BrN2O3. The molecule has 2 rings (SSSR count). The van der Waals surface area contributed by atoms with E-state index in [0.29, 0.717) is 0 Å². The van der Waals surface area contributed by atoms with Crippen molar-refractivity contribution in [2.24, 2.45) is 0 Å². The number of benzene rings is 1. The van der Waals surface area contributed by atoms with Crippen LogP contribution in [-0.2, 0) is 14.3 Å². The van der Waals surface area contributed by atoms with Gasteiger partial charge in [-0.15, -0.1) is 0 Å². The Morgan fingerprint density at radius 2 is 2.24 bits per heavy atom. The number of likely N-dealkylation sites (tertiary alicyclic amines) is 1. The van der Waals surface area contributed by atoms with Crippen molar-refractivity contribution in [1.29, 1.82) is 0 Å². The molecule has 1 saturated heterocycles. The van der Waals surface area contributed by atoms with Crippen LogP contribution in [0.5, 0.6) is 0 Å². The molecular weight excluding hydrogens is 336 g/mol. The van der Waals surface area contributed by atoms with Crippen LogP contribution in [0.3, 0.4) is 0 Å². The number of carbonyl (C=O) groups excluding carboxylic acids is 2. The first-order chi connectivity index (χ1) is 10.0. The summed E-state index contributed by atoms with van der Waals surface area (Å²) in [4.78, 5) is 25.6. The number of esters is 1. The van der Waals surface area contributed by atoms with Crippen LogP contribution in [0.2, 0.25) is 0 Å². The van der Waals surface area contributed by atoms with Gasteiger partial charge in [-0.25, -0.2) is 0 Å². The number of amides is 1. The monoisotopic (exact) mass is 354 g/mol. The molecule has 0 spiro atoms. The van der Waals surface area contributed by atoms with Gasteiger partial charge in [-0.1, -0.05) is 15.9 Å². The molecule has 1 fully saturated rings. The van der Waals surface area contributed by atoms with E-state index in [0.717, 1.165) is 35.1 Å². The molecule has 1 unspecified atom stereocenters. The largest absolute Gasteiger partial charge is 0.468 e. The van der Waals surface area contributed by atoms with Gasteiger partial charge in [0.1, 0.15) is 6.04 Å². The highest BCUT2D eigenvalue weighted by atomic mass is 79.9. The number of aryl methyl sites for hydroxylation is 1. The number of carbonyl (C=O) groups is 2. The van der Waals surface area contributed by atoms with E-state index in [-0.39, 0.29) is 24.5 Å². The number of anilines is 1. The van der Waals surface area contributed by atoms with Gasteiger partial charge < -0.3 is 10.1 Å². The maximum Gasteiger partial charge on any atom is 0.323 e. The maximum absolute atomic E-state index is 12.1. The van der Waals surface area contributed by atoms with Crippen molar-refractivity contribution in [1.82, 2.24) is 4.90 Å². The number of ether oxygens (including phenoxy) is 1. The van der Waals surface area contributed by atoms with Crippen molar-refractivity contribution < 1.29 is 14.3 Å². The molecule has 1 aliphatic heterocycles. The Balaban J connectivity index is 1.95. The molecule has 0 aliphatic carbocycles. The highest BCUT2D eigenvalue weighted by Gasteiger charge is 2.32. The smallest absolute Gasteiger partial charge is 0.323 e. The first-order valence-corrected chi connectivity index (χ1v) is 7.68. The quantitative estimate of drug-likeness (QED) is 0.843. The summed E-state index contributed by atoms with van der Waals surface area (Å²) in [6.45, 7) is 2.91. The lowest BCUT2D eigenvalue weighted by Crippen LogP contribution is -2.41. The van der Waals surface area contributed by atoms with E-state index in [2.05, 4.69) is 21.2 Å². The summed E-state index contributed by atoms with van der Waals surface area (Å²) >= 11 is 3.43. The number of hydrogen-bond acceptors (Lipinski definition) is 4. The summed E-state index contributed by atoms with van der Waals surface area (Å²) in [7, 11) is 1.38. The molecule has 114 valence electrons. The summed E-state index contributed by atoms with van der Waals surface area (Å²) < 4.78 is 5.78. The Bertz CT molecular complexity index is 548. The molecule has 0 radical (unpaired) electrons. The van der Waals surface area contributed by atoms with Crippen LogP contribution in [-0.4, -0.2) is 43.0 Å². The average molecular weight is 355 g/mol. The summed E-state index contributed by atoms with van der Waals surface area (Å²) in [6.07, 6.45) is 1.65. The topological polar surface area (TPSA) is 58.6 Å². The van der Waals surface area contributed by atoms with Crippen molar-refractivity contribution in [3.63, 3.8) is 0 Å². The van der Waals surface area contributed by atoms with E-state index in [4.69, 9.17) is 4.74 Å². The zero-order valence-electron chi connectivity index (χ0n) is 12.2. The fourth-order valence-corrected chi connectivity index (χ4v) is 2.77. The summed E-state index contributed by atoms with van der Waals surface area (Å²) in [5.74, 6) is -0.382. The molecule has 1 aliphatic rings. The van der Waals surface area contributed by atoms with Crippen LogP contribution in [0.15, 0.2) is 22.7 Å². The predicted molar refractivity (Wildman–Crippen MR) is 84.1 cm³/mol. The molecule has 0 saturated carbocycles. The lowest BCUT2D eigenvalue weighted by atomic mass is 10.2. The number of rotatable bonds is 4. The zero-order valence-corrected chi connectivity index (χ0v) is 13.8. The van der Waals surface area contributed by atoms with Gasteiger partial charge in [-0.2, -0.15) is 0 Å². The number of nitrogens with zero attached hydrogens (tertiary/aromatic N) is 1. The highest BCUT2D eigenvalue weighted by molar-refractivity contribution is 9.10. The van der Waals surface area contributed by atoms with E-state index < -0.39 is 0 Å². The van der Waals surface area contributed by atoms with Gasteiger partial charge in [0.15, 0.2) is 0 Å². The third-order valence-electron chi connectivity index (χ3n) is 3.63. The molecule has 6 heteroatoms. The maximum atomic E-state index is 12.1. The van der Waals surface area contributed by atoms with Crippen molar-refractivity contribution in [2.45, 2.75) is 25.8 Å². The third kappa shape index (κ3) is 4.04.